The van der Waals surface area contributed by atoms with Crippen molar-refractivity contribution in [1.82, 2.24) is 4.90 Å². The number of nitrogens with zero attached hydrogens (tertiary/aromatic N) is 1. The number of amides is 1. The first-order valence-corrected chi connectivity index (χ1v) is 9.77. The van der Waals surface area contributed by atoms with E-state index in [0.717, 1.165) is 49.2 Å². The van der Waals surface area contributed by atoms with Crippen LogP contribution < -0.4 is 9.47 Å². The molecule has 1 heterocycles. The van der Waals surface area contributed by atoms with Gasteiger partial charge in [-0.2, -0.15) is 0 Å². The molecule has 0 aromatic heterocycles. The number of carbonyl (C=O) groups excluding carboxylic acids is 1. The van der Waals surface area contributed by atoms with Crippen molar-refractivity contribution >= 4 is 5.91 Å². The fraction of sp³-hybridized carbons (Fsp3) is 0.667. The maximum atomic E-state index is 13.0. The molecule has 2 atom stereocenters. The van der Waals surface area contributed by atoms with Gasteiger partial charge in [0.25, 0.3) is 0 Å². The summed E-state index contributed by atoms with van der Waals surface area (Å²) in [6.45, 7) is 0.837. The normalized spacial score (nSPS) is 36.4. The van der Waals surface area contributed by atoms with Crippen LogP contribution in [-0.4, -0.2) is 35.4 Å². The number of rotatable bonds is 4. The van der Waals surface area contributed by atoms with Gasteiger partial charge in [0, 0.05) is 20.0 Å². The Labute approximate surface area is 154 Å². The van der Waals surface area contributed by atoms with Crippen molar-refractivity contribution in [3.8, 4) is 11.5 Å². The van der Waals surface area contributed by atoms with Gasteiger partial charge in [0.15, 0.2) is 11.5 Å². The third kappa shape index (κ3) is 2.77. The highest BCUT2D eigenvalue weighted by Crippen LogP contribution is 2.62. The fourth-order valence-electron chi connectivity index (χ4n) is 6.47. The Balaban J connectivity index is 1.27. The molecule has 1 aliphatic heterocycles. The Kier molecular flexibility index (Phi) is 3.55. The van der Waals surface area contributed by atoms with Crippen LogP contribution in [-0.2, 0) is 11.3 Å². The van der Waals surface area contributed by atoms with Gasteiger partial charge >= 0.3 is 0 Å². The van der Waals surface area contributed by atoms with Gasteiger partial charge in [-0.3, -0.25) is 4.79 Å². The van der Waals surface area contributed by atoms with Gasteiger partial charge in [0.2, 0.25) is 12.7 Å². The zero-order valence-corrected chi connectivity index (χ0v) is 15.4. The Morgan fingerprint density at radius 2 is 1.92 bits per heavy atom. The van der Waals surface area contributed by atoms with E-state index in [9.17, 15) is 9.90 Å². The monoisotopic (exact) mass is 357 g/mol. The SMILES string of the molecule is CN(Cc1ccc2c(c1)OCO2)C(=O)CC12CC3CC(CC(O)(C3)C1)C2. The molecule has 4 saturated carbocycles. The van der Waals surface area contributed by atoms with Gasteiger partial charge in [0.1, 0.15) is 0 Å². The van der Waals surface area contributed by atoms with Gasteiger partial charge in [0.05, 0.1) is 5.60 Å². The van der Waals surface area contributed by atoms with E-state index in [1.54, 1.807) is 0 Å². The summed E-state index contributed by atoms with van der Waals surface area (Å²) in [6, 6.07) is 5.86. The second-order valence-electron chi connectivity index (χ2n) is 9.30. The molecule has 140 valence electrons. The van der Waals surface area contributed by atoms with Crippen LogP contribution in [0.3, 0.4) is 0 Å². The third-order valence-electron chi connectivity index (χ3n) is 6.96. The number of aliphatic hydroxyl groups is 1. The fourth-order valence-corrected chi connectivity index (χ4v) is 6.47. The number of ether oxygens (including phenoxy) is 2. The molecule has 4 bridgehead atoms. The summed E-state index contributed by atoms with van der Waals surface area (Å²) in [5.74, 6) is 2.95. The van der Waals surface area contributed by atoms with Crippen LogP contribution >= 0.6 is 0 Å². The first kappa shape index (κ1) is 16.4. The van der Waals surface area contributed by atoms with Crippen LogP contribution in [0.1, 0.15) is 50.5 Å². The molecule has 1 amide bonds. The lowest BCUT2D eigenvalue weighted by molar-refractivity contribution is -0.171. The third-order valence-corrected chi connectivity index (χ3v) is 6.96. The van der Waals surface area contributed by atoms with Crippen molar-refractivity contribution in [3.05, 3.63) is 23.8 Å². The second-order valence-corrected chi connectivity index (χ2v) is 9.30. The molecule has 5 nitrogen and oxygen atoms in total. The smallest absolute Gasteiger partial charge is 0.231 e. The van der Waals surface area contributed by atoms with E-state index in [1.807, 2.05) is 30.1 Å². The Hall–Kier alpha value is -1.75. The second kappa shape index (κ2) is 5.62. The van der Waals surface area contributed by atoms with E-state index in [2.05, 4.69) is 0 Å². The van der Waals surface area contributed by atoms with Crippen LogP contribution in [0.15, 0.2) is 18.2 Å². The summed E-state index contributed by atoms with van der Waals surface area (Å²) >= 11 is 0. The lowest BCUT2D eigenvalue weighted by Crippen LogP contribution is -2.56. The van der Waals surface area contributed by atoms with Crippen molar-refractivity contribution in [2.75, 3.05) is 13.8 Å². The molecule has 5 heteroatoms. The summed E-state index contributed by atoms with van der Waals surface area (Å²) in [6.07, 6.45) is 6.79. The number of hydrogen-bond donors (Lipinski definition) is 1. The predicted molar refractivity (Wildman–Crippen MR) is 95.7 cm³/mol. The van der Waals surface area contributed by atoms with E-state index >= 15 is 0 Å². The quantitative estimate of drug-likeness (QED) is 0.900. The van der Waals surface area contributed by atoms with Gasteiger partial charge < -0.3 is 19.5 Å². The van der Waals surface area contributed by atoms with Gasteiger partial charge in [-0.25, -0.2) is 0 Å². The van der Waals surface area contributed by atoms with Crippen molar-refractivity contribution in [3.63, 3.8) is 0 Å². The molecule has 26 heavy (non-hydrogen) atoms. The van der Waals surface area contributed by atoms with E-state index in [-0.39, 0.29) is 18.1 Å². The molecular weight excluding hydrogens is 330 g/mol. The zero-order valence-electron chi connectivity index (χ0n) is 15.4. The summed E-state index contributed by atoms with van der Waals surface area (Å²) in [5, 5.41) is 10.9. The molecule has 1 N–H and O–H groups in total. The van der Waals surface area contributed by atoms with Crippen molar-refractivity contribution < 1.29 is 19.4 Å². The molecular formula is C21H27NO4. The summed E-state index contributed by atoms with van der Waals surface area (Å²) in [7, 11) is 1.88. The minimum absolute atomic E-state index is 0.0268. The number of benzene rings is 1. The molecule has 0 saturated heterocycles. The van der Waals surface area contributed by atoms with Crippen LogP contribution in [0.5, 0.6) is 11.5 Å². The number of carbonyl (C=O) groups is 1. The van der Waals surface area contributed by atoms with E-state index < -0.39 is 5.60 Å². The Morgan fingerprint density at radius 1 is 1.19 bits per heavy atom. The predicted octanol–water partition coefficient (Wildman–Crippen LogP) is 3.10. The van der Waals surface area contributed by atoms with Crippen LogP contribution in [0.4, 0.5) is 0 Å². The number of hydrogen-bond acceptors (Lipinski definition) is 4. The topological polar surface area (TPSA) is 59.0 Å². The molecule has 0 spiro atoms. The van der Waals surface area contributed by atoms with Gasteiger partial charge in [-0.05, 0) is 73.5 Å². The van der Waals surface area contributed by atoms with Crippen LogP contribution in [0, 0.1) is 17.3 Å². The molecule has 6 rings (SSSR count). The highest BCUT2D eigenvalue weighted by Gasteiger charge is 2.57. The molecule has 1 aromatic rings. The van der Waals surface area contributed by atoms with Crippen molar-refractivity contribution in [1.29, 1.82) is 0 Å². The Bertz CT molecular complexity index is 732. The van der Waals surface area contributed by atoms with E-state index in [0.29, 0.717) is 24.8 Å². The van der Waals surface area contributed by atoms with Crippen LogP contribution in [0.2, 0.25) is 0 Å². The highest BCUT2D eigenvalue weighted by molar-refractivity contribution is 5.76. The lowest BCUT2D eigenvalue weighted by atomic mass is 9.47. The molecule has 1 aromatic carbocycles. The standard InChI is InChI=1S/C21H27NO4/c1-22(11-14-2-3-17-18(5-14)26-13-25-17)19(23)10-20-6-15-4-16(7-20)9-21(24,8-15)12-20/h2-3,5,15-16,24H,4,6-13H2,1H3. The van der Waals surface area contributed by atoms with Crippen molar-refractivity contribution in [2.45, 2.75) is 57.1 Å². The zero-order chi connectivity index (χ0) is 17.9. The highest BCUT2D eigenvalue weighted by atomic mass is 16.7. The van der Waals surface area contributed by atoms with Crippen molar-refractivity contribution in [2.24, 2.45) is 17.3 Å². The summed E-state index contributed by atoms with van der Waals surface area (Å²) in [5.41, 5.74) is 0.577. The summed E-state index contributed by atoms with van der Waals surface area (Å²) in [4.78, 5) is 14.8. The van der Waals surface area contributed by atoms with Gasteiger partial charge in [-0.15, -0.1) is 0 Å². The Morgan fingerprint density at radius 3 is 2.65 bits per heavy atom. The summed E-state index contributed by atoms with van der Waals surface area (Å²) < 4.78 is 10.8. The van der Waals surface area contributed by atoms with Gasteiger partial charge in [-0.1, -0.05) is 6.07 Å². The number of fused-ring (bicyclic) bond motifs is 1. The minimum atomic E-state index is -0.500. The molecule has 0 radical (unpaired) electrons. The minimum Gasteiger partial charge on any atom is -0.454 e. The first-order valence-electron chi connectivity index (χ1n) is 9.77. The maximum Gasteiger partial charge on any atom is 0.231 e. The molecule has 4 aliphatic carbocycles. The van der Waals surface area contributed by atoms with E-state index in [4.69, 9.17) is 9.47 Å². The lowest BCUT2D eigenvalue weighted by Gasteiger charge is -2.60. The average Bonchev–Trinajstić information content (AvgIpc) is 2.99. The largest absolute Gasteiger partial charge is 0.454 e. The molecule has 2 unspecified atom stereocenters. The molecule has 4 fully saturated rings. The van der Waals surface area contributed by atoms with E-state index in [1.165, 1.54) is 6.42 Å². The van der Waals surface area contributed by atoms with Crippen LogP contribution in [0.25, 0.3) is 0 Å². The maximum absolute atomic E-state index is 13.0. The average molecular weight is 357 g/mol. The first-order chi connectivity index (χ1) is 12.4. The molecule has 5 aliphatic rings.